The van der Waals surface area contributed by atoms with Crippen molar-refractivity contribution in [1.29, 1.82) is 0 Å². The second-order valence-electron chi connectivity index (χ2n) is 3.81. The SMILES string of the molecule is CCN1CCc2c(CNC)csc2C1. The summed E-state index contributed by atoms with van der Waals surface area (Å²) in [7, 11) is 2.02. The van der Waals surface area contributed by atoms with Crippen molar-refractivity contribution in [2.24, 2.45) is 0 Å². The number of nitrogens with zero attached hydrogens (tertiary/aromatic N) is 1. The summed E-state index contributed by atoms with van der Waals surface area (Å²) in [4.78, 5) is 4.10. The van der Waals surface area contributed by atoms with Crippen molar-refractivity contribution in [2.45, 2.75) is 26.4 Å². The molecule has 0 amide bonds. The standard InChI is InChI=1S/C11H18N2S/c1-3-13-5-4-10-9(6-12-2)8-14-11(10)7-13/h8,12H,3-7H2,1-2H3. The van der Waals surface area contributed by atoms with E-state index < -0.39 is 0 Å². The van der Waals surface area contributed by atoms with Crippen molar-refractivity contribution in [3.63, 3.8) is 0 Å². The van der Waals surface area contributed by atoms with Crippen LogP contribution in [0.4, 0.5) is 0 Å². The van der Waals surface area contributed by atoms with Crippen LogP contribution in [0, 0.1) is 0 Å². The van der Waals surface area contributed by atoms with Gasteiger partial charge in [0.2, 0.25) is 0 Å². The van der Waals surface area contributed by atoms with Crippen LogP contribution in [0.3, 0.4) is 0 Å². The second kappa shape index (κ2) is 4.43. The van der Waals surface area contributed by atoms with E-state index in [0.29, 0.717) is 0 Å². The molecule has 1 aliphatic rings. The third-order valence-electron chi connectivity index (χ3n) is 2.93. The van der Waals surface area contributed by atoms with E-state index in [9.17, 15) is 0 Å². The van der Waals surface area contributed by atoms with Crippen molar-refractivity contribution in [3.05, 3.63) is 21.4 Å². The monoisotopic (exact) mass is 210 g/mol. The van der Waals surface area contributed by atoms with Gasteiger partial charge in [-0.05, 0) is 36.5 Å². The first kappa shape index (κ1) is 10.1. The number of likely N-dealkylation sites (N-methyl/N-ethyl adjacent to an activating group) is 1. The summed E-state index contributed by atoms with van der Waals surface area (Å²) in [6.07, 6.45) is 1.24. The van der Waals surface area contributed by atoms with Gasteiger partial charge in [0.1, 0.15) is 0 Å². The Balaban J connectivity index is 2.16. The van der Waals surface area contributed by atoms with E-state index in [0.717, 1.165) is 6.54 Å². The van der Waals surface area contributed by atoms with Gasteiger partial charge in [0, 0.05) is 24.5 Å². The average molecular weight is 210 g/mol. The van der Waals surface area contributed by atoms with E-state index in [1.807, 2.05) is 18.4 Å². The van der Waals surface area contributed by atoms with Crippen LogP contribution in [0.5, 0.6) is 0 Å². The molecule has 0 unspecified atom stereocenters. The predicted molar refractivity (Wildman–Crippen MR) is 61.7 cm³/mol. The van der Waals surface area contributed by atoms with Crippen LogP contribution in [0.2, 0.25) is 0 Å². The van der Waals surface area contributed by atoms with Gasteiger partial charge in [0.15, 0.2) is 0 Å². The number of hydrogen-bond donors (Lipinski definition) is 1. The highest BCUT2D eigenvalue weighted by atomic mass is 32.1. The first-order valence-corrected chi connectivity index (χ1v) is 6.18. The summed E-state index contributed by atoms with van der Waals surface area (Å²) in [6.45, 7) is 6.85. The fourth-order valence-electron chi connectivity index (χ4n) is 2.06. The smallest absolute Gasteiger partial charge is 0.0330 e. The van der Waals surface area contributed by atoms with Gasteiger partial charge in [0.05, 0.1) is 0 Å². The molecular weight excluding hydrogens is 192 g/mol. The average Bonchev–Trinajstić information content (AvgIpc) is 2.61. The van der Waals surface area contributed by atoms with Crippen LogP contribution in [0.25, 0.3) is 0 Å². The third-order valence-corrected chi connectivity index (χ3v) is 3.99. The summed E-state index contributed by atoms with van der Waals surface area (Å²) in [6, 6.07) is 0. The molecule has 0 spiro atoms. The molecule has 0 saturated carbocycles. The molecule has 0 bridgehead atoms. The van der Waals surface area contributed by atoms with Crippen molar-refractivity contribution in [1.82, 2.24) is 10.2 Å². The Labute approximate surface area is 89.9 Å². The molecule has 0 fully saturated rings. The fourth-order valence-corrected chi connectivity index (χ4v) is 3.20. The molecule has 0 atom stereocenters. The van der Waals surface area contributed by atoms with Gasteiger partial charge in [-0.3, -0.25) is 4.90 Å². The normalized spacial score (nSPS) is 17.0. The Kier molecular flexibility index (Phi) is 3.21. The lowest BCUT2D eigenvalue weighted by atomic mass is 10.0. The van der Waals surface area contributed by atoms with Crippen LogP contribution in [0.1, 0.15) is 22.9 Å². The number of nitrogens with one attached hydrogen (secondary N) is 1. The zero-order chi connectivity index (χ0) is 9.97. The maximum absolute atomic E-state index is 3.24. The maximum atomic E-state index is 3.24. The van der Waals surface area contributed by atoms with Crippen LogP contribution in [0.15, 0.2) is 5.38 Å². The molecule has 78 valence electrons. The van der Waals surface area contributed by atoms with E-state index in [2.05, 4.69) is 22.5 Å². The Morgan fingerprint density at radius 1 is 1.57 bits per heavy atom. The van der Waals surface area contributed by atoms with Crippen LogP contribution in [-0.2, 0) is 19.5 Å². The highest BCUT2D eigenvalue weighted by Gasteiger charge is 2.18. The molecule has 2 rings (SSSR count). The Hall–Kier alpha value is -0.380. The minimum absolute atomic E-state index is 1.03. The quantitative estimate of drug-likeness (QED) is 0.819. The zero-order valence-electron chi connectivity index (χ0n) is 8.97. The van der Waals surface area contributed by atoms with Gasteiger partial charge in [-0.2, -0.15) is 0 Å². The highest BCUT2D eigenvalue weighted by Crippen LogP contribution is 2.28. The van der Waals surface area contributed by atoms with Crippen LogP contribution < -0.4 is 5.32 Å². The Bertz CT molecular complexity index is 306. The van der Waals surface area contributed by atoms with E-state index in [1.54, 1.807) is 10.4 Å². The van der Waals surface area contributed by atoms with Crippen LogP contribution >= 0.6 is 11.3 Å². The summed E-state index contributed by atoms with van der Waals surface area (Å²) in [5, 5.41) is 5.56. The van der Waals surface area contributed by atoms with Gasteiger partial charge in [-0.25, -0.2) is 0 Å². The summed E-state index contributed by atoms with van der Waals surface area (Å²) in [5.41, 5.74) is 3.14. The zero-order valence-corrected chi connectivity index (χ0v) is 9.78. The second-order valence-corrected chi connectivity index (χ2v) is 4.78. The fraction of sp³-hybridized carbons (Fsp3) is 0.636. The first-order valence-electron chi connectivity index (χ1n) is 5.30. The minimum atomic E-state index is 1.03. The molecule has 0 aromatic carbocycles. The molecule has 2 nitrogen and oxygen atoms in total. The first-order chi connectivity index (χ1) is 6.85. The summed E-state index contributed by atoms with van der Waals surface area (Å²) >= 11 is 1.93. The maximum Gasteiger partial charge on any atom is 0.0330 e. The van der Waals surface area contributed by atoms with Gasteiger partial charge in [-0.15, -0.1) is 11.3 Å². The van der Waals surface area contributed by atoms with E-state index in [4.69, 9.17) is 0 Å². The lowest BCUT2D eigenvalue weighted by molar-refractivity contribution is 0.271. The van der Waals surface area contributed by atoms with E-state index >= 15 is 0 Å². The number of rotatable bonds is 3. The molecule has 1 N–H and O–H groups in total. The number of hydrogen-bond acceptors (Lipinski definition) is 3. The van der Waals surface area contributed by atoms with E-state index in [1.165, 1.54) is 31.6 Å². The molecule has 1 aromatic rings. The Morgan fingerprint density at radius 2 is 2.43 bits per heavy atom. The van der Waals surface area contributed by atoms with Crippen molar-refractivity contribution in [3.8, 4) is 0 Å². The molecule has 1 aliphatic heterocycles. The Morgan fingerprint density at radius 3 is 3.14 bits per heavy atom. The summed E-state index contributed by atoms with van der Waals surface area (Å²) < 4.78 is 0. The van der Waals surface area contributed by atoms with Gasteiger partial charge in [-0.1, -0.05) is 6.92 Å². The molecule has 0 saturated heterocycles. The molecular formula is C11H18N2S. The molecule has 0 aliphatic carbocycles. The number of thiophene rings is 1. The molecule has 0 radical (unpaired) electrons. The van der Waals surface area contributed by atoms with E-state index in [-0.39, 0.29) is 0 Å². The topological polar surface area (TPSA) is 15.3 Å². The van der Waals surface area contributed by atoms with Crippen LogP contribution in [-0.4, -0.2) is 25.0 Å². The lowest BCUT2D eigenvalue weighted by Crippen LogP contribution is -2.29. The largest absolute Gasteiger partial charge is 0.316 e. The lowest BCUT2D eigenvalue weighted by Gasteiger charge is -2.25. The molecule has 2 heterocycles. The summed E-state index contributed by atoms with van der Waals surface area (Å²) in [5.74, 6) is 0. The van der Waals surface area contributed by atoms with Crippen molar-refractivity contribution in [2.75, 3.05) is 20.1 Å². The van der Waals surface area contributed by atoms with Gasteiger partial charge >= 0.3 is 0 Å². The molecule has 14 heavy (non-hydrogen) atoms. The predicted octanol–water partition coefficient (Wildman–Crippen LogP) is 1.85. The highest BCUT2D eigenvalue weighted by molar-refractivity contribution is 7.10. The van der Waals surface area contributed by atoms with Crippen molar-refractivity contribution < 1.29 is 0 Å². The minimum Gasteiger partial charge on any atom is -0.316 e. The number of fused-ring (bicyclic) bond motifs is 1. The van der Waals surface area contributed by atoms with Crippen molar-refractivity contribution >= 4 is 11.3 Å². The third kappa shape index (κ3) is 1.85. The molecule has 3 heteroatoms. The molecule has 1 aromatic heterocycles. The van der Waals surface area contributed by atoms with Gasteiger partial charge < -0.3 is 5.32 Å². The van der Waals surface area contributed by atoms with Gasteiger partial charge in [0.25, 0.3) is 0 Å².